The third-order valence-corrected chi connectivity index (χ3v) is 4.49. The van der Waals surface area contributed by atoms with Crippen LogP contribution in [0.1, 0.15) is 77.5 Å². The number of rotatable bonds is 5. The molecule has 0 bridgehead atoms. The van der Waals surface area contributed by atoms with Gasteiger partial charge < -0.3 is 9.73 Å². The van der Waals surface area contributed by atoms with Gasteiger partial charge in [0.05, 0.1) is 6.54 Å². The van der Waals surface area contributed by atoms with Gasteiger partial charge >= 0.3 is 0 Å². The highest BCUT2D eigenvalue weighted by atomic mass is 16.4. The summed E-state index contributed by atoms with van der Waals surface area (Å²) in [7, 11) is 0. The Bertz CT molecular complexity index is 400. The highest BCUT2D eigenvalue weighted by Crippen LogP contribution is 2.42. The molecule has 0 radical (unpaired) electrons. The summed E-state index contributed by atoms with van der Waals surface area (Å²) in [6.07, 6.45) is 6.05. The van der Waals surface area contributed by atoms with Crippen LogP contribution in [0.25, 0.3) is 0 Å². The van der Waals surface area contributed by atoms with Crippen LogP contribution < -0.4 is 5.32 Å². The normalized spacial score (nSPS) is 24.0. The van der Waals surface area contributed by atoms with Crippen molar-refractivity contribution in [2.75, 3.05) is 6.54 Å². The largest absolute Gasteiger partial charge is 0.424 e. The molecule has 1 aromatic heterocycles. The van der Waals surface area contributed by atoms with Crippen molar-refractivity contribution in [1.29, 1.82) is 0 Å². The van der Waals surface area contributed by atoms with Gasteiger partial charge in [-0.05, 0) is 50.0 Å². The number of nitrogens with zero attached hydrogens (tertiary/aromatic N) is 2. The van der Waals surface area contributed by atoms with Gasteiger partial charge in [-0.1, -0.05) is 27.7 Å². The first kappa shape index (κ1) is 15.5. The van der Waals surface area contributed by atoms with E-state index in [1.807, 2.05) is 0 Å². The molecule has 1 aliphatic rings. The molecule has 0 aromatic carbocycles. The zero-order chi connectivity index (χ0) is 14.6. The van der Waals surface area contributed by atoms with E-state index in [2.05, 4.69) is 43.2 Å². The summed E-state index contributed by atoms with van der Waals surface area (Å²) in [6, 6.07) is 0. The molecule has 0 atom stereocenters. The minimum atomic E-state index is 0.426. The van der Waals surface area contributed by atoms with Crippen LogP contribution in [0.4, 0.5) is 0 Å². The summed E-state index contributed by atoms with van der Waals surface area (Å²) in [5.74, 6) is 2.88. The summed E-state index contributed by atoms with van der Waals surface area (Å²) in [5.41, 5.74) is 0.426. The zero-order valence-electron chi connectivity index (χ0n) is 13.4. The van der Waals surface area contributed by atoms with Crippen molar-refractivity contribution in [2.45, 2.75) is 72.3 Å². The zero-order valence-corrected chi connectivity index (χ0v) is 13.4. The average molecular weight is 279 g/mol. The lowest BCUT2D eigenvalue weighted by Gasteiger charge is -2.36. The smallest absolute Gasteiger partial charge is 0.230 e. The first-order valence-corrected chi connectivity index (χ1v) is 8.03. The minimum Gasteiger partial charge on any atom is -0.424 e. The third kappa shape index (κ3) is 4.05. The van der Waals surface area contributed by atoms with Crippen LogP contribution in [-0.4, -0.2) is 16.7 Å². The fourth-order valence-electron chi connectivity index (χ4n) is 3.08. The Hall–Kier alpha value is -0.900. The van der Waals surface area contributed by atoms with Crippen LogP contribution in [0.3, 0.4) is 0 Å². The minimum absolute atomic E-state index is 0.426. The fourth-order valence-corrected chi connectivity index (χ4v) is 3.08. The van der Waals surface area contributed by atoms with E-state index in [0.29, 0.717) is 17.9 Å². The lowest BCUT2D eigenvalue weighted by atomic mass is 9.70. The SMILES string of the molecule is CCCNCc1nnc(C2CCC(C(C)(C)C)CC2)o1. The van der Waals surface area contributed by atoms with Gasteiger partial charge in [-0.15, -0.1) is 10.2 Å². The van der Waals surface area contributed by atoms with Crippen LogP contribution in [0.15, 0.2) is 4.42 Å². The van der Waals surface area contributed by atoms with E-state index in [0.717, 1.165) is 30.7 Å². The van der Waals surface area contributed by atoms with Crippen molar-refractivity contribution >= 4 is 0 Å². The Labute approximate surface area is 122 Å². The topological polar surface area (TPSA) is 51.0 Å². The summed E-state index contributed by atoms with van der Waals surface area (Å²) < 4.78 is 5.81. The second-order valence-electron chi connectivity index (χ2n) is 7.13. The van der Waals surface area contributed by atoms with E-state index in [9.17, 15) is 0 Å². The lowest BCUT2D eigenvalue weighted by Crippen LogP contribution is -2.25. The molecular weight excluding hydrogens is 250 g/mol. The Morgan fingerprint density at radius 2 is 1.85 bits per heavy atom. The molecule has 0 saturated heterocycles. The van der Waals surface area contributed by atoms with Crippen molar-refractivity contribution in [3.05, 3.63) is 11.8 Å². The summed E-state index contributed by atoms with van der Waals surface area (Å²) in [4.78, 5) is 0. The van der Waals surface area contributed by atoms with Crippen molar-refractivity contribution in [3.63, 3.8) is 0 Å². The van der Waals surface area contributed by atoms with E-state index in [1.54, 1.807) is 0 Å². The number of nitrogens with one attached hydrogen (secondary N) is 1. The van der Waals surface area contributed by atoms with Gasteiger partial charge in [0.15, 0.2) is 0 Å². The van der Waals surface area contributed by atoms with Gasteiger partial charge in [0, 0.05) is 5.92 Å². The summed E-state index contributed by atoms with van der Waals surface area (Å²) in [6.45, 7) is 10.9. The molecule has 4 nitrogen and oxygen atoms in total. The van der Waals surface area contributed by atoms with Gasteiger partial charge in [-0.3, -0.25) is 0 Å². The van der Waals surface area contributed by atoms with E-state index in [4.69, 9.17) is 4.42 Å². The molecule has 1 heterocycles. The van der Waals surface area contributed by atoms with E-state index in [1.165, 1.54) is 25.7 Å². The van der Waals surface area contributed by atoms with Crippen LogP contribution in [0, 0.1) is 11.3 Å². The maximum Gasteiger partial charge on any atom is 0.230 e. The monoisotopic (exact) mass is 279 g/mol. The lowest BCUT2D eigenvalue weighted by molar-refractivity contribution is 0.161. The summed E-state index contributed by atoms with van der Waals surface area (Å²) >= 11 is 0. The molecule has 1 N–H and O–H groups in total. The Balaban J connectivity index is 1.84. The number of hydrogen-bond acceptors (Lipinski definition) is 4. The first-order valence-electron chi connectivity index (χ1n) is 8.03. The average Bonchev–Trinajstić information content (AvgIpc) is 2.87. The van der Waals surface area contributed by atoms with Crippen molar-refractivity contribution in [2.24, 2.45) is 11.3 Å². The van der Waals surface area contributed by atoms with E-state index < -0.39 is 0 Å². The summed E-state index contributed by atoms with van der Waals surface area (Å²) in [5, 5.41) is 11.7. The molecule has 1 aromatic rings. The third-order valence-electron chi connectivity index (χ3n) is 4.49. The van der Waals surface area contributed by atoms with E-state index in [-0.39, 0.29) is 0 Å². The second kappa shape index (κ2) is 6.70. The quantitative estimate of drug-likeness (QED) is 0.831. The standard InChI is InChI=1S/C16H29N3O/c1-5-10-17-11-14-18-19-15(20-14)12-6-8-13(9-7-12)16(2,3)4/h12-13,17H,5-11H2,1-4H3. The maximum atomic E-state index is 5.81. The molecule has 0 unspecified atom stereocenters. The second-order valence-corrected chi connectivity index (χ2v) is 7.13. The van der Waals surface area contributed by atoms with Crippen LogP contribution in [0.2, 0.25) is 0 Å². The van der Waals surface area contributed by atoms with Gasteiger partial charge in [0.25, 0.3) is 0 Å². The molecule has 1 fully saturated rings. The number of aromatic nitrogens is 2. The molecule has 0 spiro atoms. The molecule has 1 saturated carbocycles. The van der Waals surface area contributed by atoms with Crippen LogP contribution in [-0.2, 0) is 6.54 Å². The van der Waals surface area contributed by atoms with Crippen LogP contribution >= 0.6 is 0 Å². The van der Waals surface area contributed by atoms with Crippen LogP contribution in [0.5, 0.6) is 0 Å². The molecule has 0 aliphatic heterocycles. The molecule has 2 rings (SSSR count). The van der Waals surface area contributed by atoms with Crippen molar-refractivity contribution < 1.29 is 4.42 Å². The maximum absolute atomic E-state index is 5.81. The molecule has 1 aliphatic carbocycles. The highest BCUT2D eigenvalue weighted by Gasteiger charge is 2.32. The van der Waals surface area contributed by atoms with Gasteiger partial charge in [-0.25, -0.2) is 0 Å². The first-order chi connectivity index (χ1) is 9.50. The number of hydrogen-bond donors (Lipinski definition) is 1. The Morgan fingerprint density at radius 3 is 2.45 bits per heavy atom. The fraction of sp³-hybridized carbons (Fsp3) is 0.875. The van der Waals surface area contributed by atoms with Gasteiger partial charge in [0.1, 0.15) is 0 Å². The van der Waals surface area contributed by atoms with Crippen molar-refractivity contribution in [1.82, 2.24) is 15.5 Å². The molecule has 114 valence electrons. The van der Waals surface area contributed by atoms with Gasteiger partial charge in [0.2, 0.25) is 11.8 Å². The predicted octanol–water partition coefficient (Wildman–Crippen LogP) is 3.89. The molecular formula is C16H29N3O. The highest BCUT2D eigenvalue weighted by molar-refractivity contribution is 4.95. The Morgan fingerprint density at radius 1 is 1.15 bits per heavy atom. The molecule has 20 heavy (non-hydrogen) atoms. The van der Waals surface area contributed by atoms with Gasteiger partial charge in [-0.2, -0.15) is 0 Å². The van der Waals surface area contributed by atoms with Crippen molar-refractivity contribution in [3.8, 4) is 0 Å². The van der Waals surface area contributed by atoms with E-state index >= 15 is 0 Å². The molecule has 4 heteroatoms. The Kier molecular flexibility index (Phi) is 5.19. The molecule has 0 amide bonds. The predicted molar refractivity (Wildman–Crippen MR) is 80.4 cm³/mol.